The lowest BCUT2D eigenvalue weighted by Crippen LogP contribution is -2.47. The number of benzene rings is 2. The second kappa shape index (κ2) is 13.9. The van der Waals surface area contributed by atoms with Crippen molar-refractivity contribution in [3.05, 3.63) is 46.5 Å². The number of rotatable bonds is 10. The molecule has 0 bridgehead atoms. The topological polar surface area (TPSA) is 86.5 Å². The summed E-state index contributed by atoms with van der Waals surface area (Å²) in [6, 6.07) is 9.13. The summed E-state index contributed by atoms with van der Waals surface area (Å²) in [6.45, 7) is 5.30. The van der Waals surface area contributed by atoms with Gasteiger partial charge in [0.25, 0.3) is 0 Å². The number of hydrogen-bond donors (Lipinski definition) is 1. The van der Waals surface area contributed by atoms with E-state index in [0.29, 0.717) is 30.1 Å². The lowest BCUT2D eigenvalue weighted by Gasteiger charge is -2.49. The summed E-state index contributed by atoms with van der Waals surface area (Å²) in [5.74, 6) is 4.47. The van der Waals surface area contributed by atoms with Crippen LogP contribution in [-0.4, -0.2) is 73.9 Å². The molecule has 0 saturated carbocycles. The highest BCUT2D eigenvalue weighted by atomic mass is 32.2. The van der Waals surface area contributed by atoms with Gasteiger partial charge < -0.3 is 29.6 Å². The second-order valence-electron chi connectivity index (χ2n) is 11.8. The predicted octanol–water partition coefficient (Wildman–Crippen LogP) is 5.55. The number of thioether (sulfide) groups is 1. The van der Waals surface area contributed by atoms with Crippen LogP contribution in [0.2, 0.25) is 0 Å². The molecule has 10 heteroatoms. The van der Waals surface area contributed by atoms with Crippen molar-refractivity contribution in [2.24, 2.45) is 17.6 Å². The van der Waals surface area contributed by atoms with E-state index in [9.17, 15) is 4.79 Å². The van der Waals surface area contributed by atoms with E-state index < -0.39 is 0 Å². The van der Waals surface area contributed by atoms with Gasteiger partial charge in [-0.3, -0.25) is 9.69 Å². The summed E-state index contributed by atoms with van der Waals surface area (Å²) in [4.78, 5) is 16.5. The fourth-order valence-electron chi connectivity index (χ4n) is 7.36. The zero-order valence-corrected chi connectivity index (χ0v) is 27.7. The van der Waals surface area contributed by atoms with Crippen molar-refractivity contribution in [3.8, 4) is 23.0 Å². The van der Waals surface area contributed by atoms with Crippen LogP contribution in [0.4, 0.5) is 0 Å². The molecule has 8 nitrogen and oxygen atoms in total. The van der Waals surface area contributed by atoms with Crippen molar-refractivity contribution in [2.45, 2.75) is 57.5 Å². The number of ether oxygens (including phenoxy) is 4. The Kier molecular flexibility index (Phi) is 10.3. The van der Waals surface area contributed by atoms with Crippen molar-refractivity contribution < 1.29 is 23.7 Å². The first-order valence-corrected chi connectivity index (χ1v) is 16.7. The van der Waals surface area contributed by atoms with Gasteiger partial charge in [-0.25, -0.2) is 0 Å². The quantitative estimate of drug-likeness (QED) is 0.341. The van der Waals surface area contributed by atoms with Gasteiger partial charge in [-0.2, -0.15) is 0 Å². The Morgan fingerprint density at radius 3 is 2.09 bits per heavy atom. The van der Waals surface area contributed by atoms with Gasteiger partial charge in [0.05, 0.1) is 34.5 Å². The van der Waals surface area contributed by atoms with E-state index in [2.05, 4.69) is 41.0 Å². The fraction of sp³-hybridized carbons (Fsp3) is 0.576. The SMILES string of the molecule is CC[C@H]1CN2CCc3cc(OC)c(OC)cc3C2C[C@@H]1C[C@@H]1c2cc(OC)c(OC)cc2CCN1C(=S)SCCC(N)=O. The maximum atomic E-state index is 11.4. The maximum Gasteiger partial charge on any atom is 0.218 e. The summed E-state index contributed by atoms with van der Waals surface area (Å²) in [5, 5.41) is 0. The molecule has 1 amide bonds. The van der Waals surface area contributed by atoms with Crippen molar-refractivity contribution in [1.29, 1.82) is 0 Å². The van der Waals surface area contributed by atoms with E-state index in [1.807, 2.05) is 0 Å². The van der Waals surface area contributed by atoms with Crippen LogP contribution in [0.25, 0.3) is 0 Å². The summed E-state index contributed by atoms with van der Waals surface area (Å²) in [7, 11) is 6.80. The first-order chi connectivity index (χ1) is 20.8. The molecule has 0 radical (unpaired) electrons. The van der Waals surface area contributed by atoms with E-state index in [0.717, 1.165) is 79.1 Å². The molecule has 3 aliphatic heterocycles. The lowest BCUT2D eigenvalue weighted by atomic mass is 9.72. The number of nitrogens with zero attached hydrogens (tertiary/aromatic N) is 2. The summed E-state index contributed by atoms with van der Waals surface area (Å²) in [6.07, 6.45) is 5.41. The number of hydrogen-bond acceptors (Lipinski definition) is 8. The molecule has 0 spiro atoms. The molecule has 4 atom stereocenters. The molecule has 234 valence electrons. The molecule has 5 rings (SSSR count). The maximum absolute atomic E-state index is 11.4. The smallest absolute Gasteiger partial charge is 0.218 e. The highest BCUT2D eigenvalue weighted by Crippen LogP contribution is 2.49. The van der Waals surface area contributed by atoms with Crippen LogP contribution < -0.4 is 24.7 Å². The molecule has 3 aliphatic rings. The van der Waals surface area contributed by atoms with Crippen LogP contribution in [0.1, 0.15) is 66.9 Å². The molecular formula is C33H45N3O5S2. The van der Waals surface area contributed by atoms with E-state index >= 15 is 0 Å². The van der Waals surface area contributed by atoms with Crippen molar-refractivity contribution in [1.82, 2.24) is 9.80 Å². The van der Waals surface area contributed by atoms with Gasteiger partial charge in [0.2, 0.25) is 5.91 Å². The standard InChI is InChI=1S/C33H45N3O5S2/c1-6-20-19-35-10-7-21-15-28(38-2)30(40-4)17-24(21)26(35)13-23(20)14-27-25-18-31(41-5)29(39-3)16-22(25)8-11-36(27)33(42)43-12-9-32(34)37/h15-18,20,23,26-27H,6-14,19H2,1-5H3,(H2,34,37)/t20-,23+,26?,27+/m0/s1. The molecule has 2 aromatic rings. The van der Waals surface area contributed by atoms with Gasteiger partial charge in [0.1, 0.15) is 4.32 Å². The Hall–Kier alpha value is -2.69. The number of thiocarbonyl (C=S) groups is 1. The minimum absolute atomic E-state index is 0.108. The van der Waals surface area contributed by atoms with Gasteiger partial charge in [0.15, 0.2) is 23.0 Å². The summed E-state index contributed by atoms with van der Waals surface area (Å²) < 4.78 is 23.6. The molecule has 43 heavy (non-hydrogen) atoms. The van der Waals surface area contributed by atoms with E-state index in [1.165, 1.54) is 22.3 Å². The molecule has 2 aromatic carbocycles. The number of carbonyl (C=O) groups is 1. The van der Waals surface area contributed by atoms with Crippen LogP contribution in [0, 0.1) is 11.8 Å². The van der Waals surface area contributed by atoms with Gasteiger partial charge in [-0.15, -0.1) is 0 Å². The molecule has 1 fully saturated rings. The van der Waals surface area contributed by atoms with Crippen molar-refractivity contribution in [2.75, 3.05) is 53.8 Å². The van der Waals surface area contributed by atoms with E-state index in [1.54, 1.807) is 40.2 Å². The third-order valence-corrected chi connectivity index (χ3v) is 11.1. The average Bonchev–Trinajstić information content (AvgIpc) is 3.02. The van der Waals surface area contributed by atoms with Crippen molar-refractivity contribution in [3.63, 3.8) is 0 Å². The highest BCUT2D eigenvalue weighted by molar-refractivity contribution is 8.22. The van der Waals surface area contributed by atoms with Crippen LogP contribution in [0.5, 0.6) is 23.0 Å². The van der Waals surface area contributed by atoms with E-state index in [4.69, 9.17) is 36.9 Å². The summed E-state index contributed by atoms with van der Waals surface area (Å²) >= 11 is 7.57. The van der Waals surface area contributed by atoms with Crippen LogP contribution in [0.3, 0.4) is 0 Å². The van der Waals surface area contributed by atoms with Gasteiger partial charge in [0, 0.05) is 37.8 Å². The molecule has 0 aliphatic carbocycles. The largest absolute Gasteiger partial charge is 0.493 e. The molecule has 1 unspecified atom stereocenters. The van der Waals surface area contributed by atoms with Gasteiger partial charge in [-0.1, -0.05) is 37.3 Å². The van der Waals surface area contributed by atoms with Crippen molar-refractivity contribution >= 4 is 34.2 Å². The molecule has 1 saturated heterocycles. The number of carbonyl (C=O) groups excluding carboxylic acids is 1. The third kappa shape index (κ3) is 6.56. The number of amides is 1. The first-order valence-electron chi connectivity index (χ1n) is 15.3. The zero-order chi connectivity index (χ0) is 30.7. The monoisotopic (exact) mass is 627 g/mol. The first kappa shape index (κ1) is 31.7. The zero-order valence-electron chi connectivity index (χ0n) is 26.0. The average molecular weight is 628 g/mol. The Balaban J connectivity index is 1.48. The molecule has 3 heterocycles. The fourth-order valence-corrected chi connectivity index (χ4v) is 8.70. The highest BCUT2D eigenvalue weighted by Gasteiger charge is 2.41. The number of piperidine rings is 1. The van der Waals surface area contributed by atoms with Crippen LogP contribution >= 0.6 is 24.0 Å². The number of primary amides is 1. The number of fused-ring (bicyclic) bond motifs is 4. The van der Waals surface area contributed by atoms with E-state index in [-0.39, 0.29) is 11.9 Å². The van der Waals surface area contributed by atoms with Gasteiger partial charge >= 0.3 is 0 Å². The second-order valence-corrected chi connectivity index (χ2v) is 13.5. The van der Waals surface area contributed by atoms with Gasteiger partial charge in [-0.05, 0) is 84.0 Å². The Labute approximate surface area is 265 Å². The minimum Gasteiger partial charge on any atom is -0.493 e. The Morgan fingerprint density at radius 1 is 0.907 bits per heavy atom. The molecule has 0 aromatic heterocycles. The molecular weight excluding hydrogens is 583 g/mol. The lowest BCUT2D eigenvalue weighted by molar-refractivity contribution is -0.117. The number of nitrogens with two attached hydrogens (primary N) is 1. The normalized spacial score (nSPS) is 23.0. The molecule has 2 N–H and O–H groups in total. The minimum atomic E-state index is -0.299. The third-order valence-electron chi connectivity index (χ3n) is 9.64. The Morgan fingerprint density at radius 2 is 1.49 bits per heavy atom. The van der Waals surface area contributed by atoms with Crippen LogP contribution in [-0.2, 0) is 17.6 Å². The van der Waals surface area contributed by atoms with Crippen LogP contribution in [0.15, 0.2) is 24.3 Å². The number of methoxy groups -OCH3 is 4. The Bertz CT molecular complexity index is 1340. The summed E-state index contributed by atoms with van der Waals surface area (Å²) in [5.41, 5.74) is 10.7. The predicted molar refractivity (Wildman–Crippen MR) is 176 cm³/mol.